The van der Waals surface area contributed by atoms with E-state index in [1.54, 1.807) is 0 Å². The van der Waals surface area contributed by atoms with Crippen LogP contribution < -0.4 is 10.2 Å². The van der Waals surface area contributed by atoms with Crippen molar-refractivity contribution in [3.05, 3.63) is 18.5 Å². The Bertz CT molecular complexity index is 643. The highest BCUT2D eigenvalue weighted by Gasteiger charge is 2.57. The highest BCUT2D eigenvalue weighted by Crippen LogP contribution is 2.54. The maximum Gasteiger partial charge on any atom is 0.225 e. The number of ether oxygens (including phenoxy) is 1. The molecule has 2 aliphatic carbocycles. The average Bonchev–Trinajstić information content (AvgIpc) is 3.24. The molecule has 1 N–H and O–H groups in total. The van der Waals surface area contributed by atoms with Crippen LogP contribution >= 0.6 is 24.0 Å². The first-order valence-corrected chi connectivity index (χ1v) is 10.4. The van der Waals surface area contributed by atoms with E-state index < -0.39 is 0 Å². The number of piperazine rings is 1. The molecule has 4 rings (SSSR count). The number of aliphatic imine (C=N–C) groups is 1. The van der Waals surface area contributed by atoms with Crippen LogP contribution in [0.5, 0.6) is 0 Å². The van der Waals surface area contributed by atoms with Crippen molar-refractivity contribution in [1.29, 1.82) is 0 Å². The molecule has 0 bridgehead atoms. The number of rotatable bonds is 4. The lowest BCUT2D eigenvalue weighted by Crippen LogP contribution is -2.66. The van der Waals surface area contributed by atoms with E-state index in [1.165, 1.54) is 25.7 Å². The van der Waals surface area contributed by atoms with Crippen LogP contribution in [0.1, 0.15) is 39.0 Å². The molecule has 0 radical (unpaired) electrons. The summed E-state index contributed by atoms with van der Waals surface area (Å²) in [5.74, 6) is 1.86. The third-order valence-electron chi connectivity index (χ3n) is 6.62. The Morgan fingerprint density at radius 3 is 2.50 bits per heavy atom. The first-order valence-electron chi connectivity index (χ1n) is 10.4. The molecule has 1 saturated heterocycles. The van der Waals surface area contributed by atoms with E-state index in [4.69, 9.17) is 4.74 Å². The van der Waals surface area contributed by atoms with Gasteiger partial charge in [-0.15, -0.1) is 24.0 Å². The second-order valence-corrected chi connectivity index (χ2v) is 7.89. The molecule has 1 aromatic heterocycles. The molecule has 3 fully saturated rings. The second kappa shape index (κ2) is 9.56. The Morgan fingerprint density at radius 1 is 1.21 bits per heavy atom. The third kappa shape index (κ3) is 4.08. The van der Waals surface area contributed by atoms with Crippen molar-refractivity contribution in [2.45, 2.75) is 51.2 Å². The number of hydrogen-bond donors (Lipinski definition) is 1. The molecule has 3 aliphatic rings. The molecule has 1 aliphatic heterocycles. The summed E-state index contributed by atoms with van der Waals surface area (Å²) in [5, 5.41) is 3.79. The van der Waals surface area contributed by atoms with E-state index in [-0.39, 0.29) is 24.0 Å². The van der Waals surface area contributed by atoms with E-state index in [9.17, 15) is 0 Å². The topological polar surface area (TPSA) is 65.9 Å². The molecular weight excluding hydrogens is 467 g/mol. The van der Waals surface area contributed by atoms with Gasteiger partial charge in [-0.2, -0.15) is 0 Å². The summed E-state index contributed by atoms with van der Waals surface area (Å²) in [6, 6.07) is 2.35. The van der Waals surface area contributed by atoms with Crippen molar-refractivity contribution in [2.75, 3.05) is 44.7 Å². The van der Waals surface area contributed by atoms with Crippen LogP contribution in [-0.4, -0.2) is 72.8 Å². The average molecular weight is 500 g/mol. The molecule has 1 spiro atoms. The quantitative estimate of drug-likeness (QED) is 0.390. The van der Waals surface area contributed by atoms with Crippen molar-refractivity contribution in [2.24, 2.45) is 10.4 Å². The van der Waals surface area contributed by atoms with E-state index in [0.29, 0.717) is 17.6 Å². The fourth-order valence-electron chi connectivity index (χ4n) is 5.11. The van der Waals surface area contributed by atoms with Crippen molar-refractivity contribution in [3.8, 4) is 0 Å². The van der Waals surface area contributed by atoms with Gasteiger partial charge in [-0.3, -0.25) is 4.99 Å². The van der Waals surface area contributed by atoms with Gasteiger partial charge in [0.05, 0.1) is 6.10 Å². The minimum absolute atomic E-state index is 0. The van der Waals surface area contributed by atoms with Crippen molar-refractivity contribution >= 4 is 35.9 Å². The van der Waals surface area contributed by atoms with Crippen molar-refractivity contribution < 1.29 is 4.74 Å². The third-order valence-corrected chi connectivity index (χ3v) is 6.62. The van der Waals surface area contributed by atoms with Gasteiger partial charge in [-0.05, 0) is 32.3 Å². The summed E-state index contributed by atoms with van der Waals surface area (Å²) < 4.78 is 6.06. The molecule has 7 nitrogen and oxygen atoms in total. The van der Waals surface area contributed by atoms with E-state index >= 15 is 0 Å². The van der Waals surface area contributed by atoms with Gasteiger partial charge < -0.3 is 19.9 Å². The summed E-state index contributed by atoms with van der Waals surface area (Å²) in [6.45, 7) is 6.64. The zero-order valence-corrected chi connectivity index (χ0v) is 19.3. The highest BCUT2D eigenvalue weighted by molar-refractivity contribution is 14.0. The number of nitrogens with one attached hydrogen (secondary N) is 1. The van der Waals surface area contributed by atoms with Gasteiger partial charge in [0, 0.05) is 63.7 Å². The largest absolute Gasteiger partial charge is 0.378 e. The molecule has 2 atom stereocenters. The predicted octanol–water partition coefficient (Wildman–Crippen LogP) is 2.53. The van der Waals surface area contributed by atoms with Crippen LogP contribution in [0.4, 0.5) is 5.95 Å². The summed E-state index contributed by atoms with van der Waals surface area (Å²) in [7, 11) is 1.90. The van der Waals surface area contributed by atoms with Gasteiger partial charge in [-0.25, -0.2) is 9.97 Å². The molecule has 2 saturated carbocycles. The van der Waals surface area contributed by atoms with Gasteiger partial charge >= 0.3 is 0 Å². The van der Waals surface area contributed by atoms with Gasteiger partial charge in [0.15, 0.2) is 5.96 Å². The van der Waals surface area contributed by atoms with E-state index in [1.807, 2.05) is 25.5 Å². The molecule has 0 aromatic carbocycles. The van der Waals surface area contributed by atoms with Gasteiger partial charge in [-0.1, -0.05) is 12.8 Å². The van der Waals surface area contributed by atoms with Crippen molar-refractivity contribution in [3.63, 3.8) is 0 Å². The maximum absolute atomic E-state index is 6.06. The molecule has 156 valence electrons. The fourth-order valence-corrected chi connectivity index (χ4v) is 5.11. The molecule has 0 amide bonds. The van der Waals surface area contributed by atoms with Crippen molar-refractivity contribution in [1.82, 2.24) is 20.2 Å². The number of aromatic nitrogens is 2. The highest BCUT2D eigenvalue weighted by atomic mass is 127. The standard InChI is InChI=1S/C20H32N6O.HI/c1-3-27-17-15-16(20(17)7-4-5-8-20)24-18(21-2)25-11-13-26(14-12-25)19-22-9-6-10-23-19;/h6,9-10,16-17H,3-5,7-8,11-15H2,1-2H3,(H,21,24);1H. The number of hydrogen-bond acceptors (Lipinski definition) is 5. The Morgan fingerprint density at radius 2 is 1.89 bits per heavy atom. The number of nitrogens with zero attached hydrogens (tertiary/aromatic N) is 5. The second-order valence-electron chi connectivity index (χ2n) is 7.89. The monoisotopic (exact) mass is 500 g/mol. The SMILES string of the molecule is CCOC1CC(NC(=NC)N2CCN(c3ncccn3)CC2)C12CCCC2.I. The number of anilines is 1. The van der Waals surface area contributed by atoms with Gasteiger partial charge in [0.25, 0.3) is 0 Å². The van der Waals surface area contributed by atoms with Crippen LogP contribution in [0.3, 0.4) is 0 Å². The Labute approximate surface area is 185 Å². The van der Waals surface area contributed by atoms with Crippen LogP contribution in [0.2, 0.25) is 0 Å². The maximum atomic E-state index is 6.06. The minimum atomic E-state index is 0. The van der Waals surface area contributed by atoms with Crippen LogP contribution in [0, 0.1) is 5.41 Å². The first kappa shape index (κ1) is 21.5. The lowest BCUT2D eigenvalue weighted by Gasteiger charge is -2.55. The van der Waals surface area contributed by atoms with Crippen LogP contribution in [-0.2, 0) is 4.74 Å². The zero-order chi connectivity index (χ0) is 18.7. The molecule has 1 aromatic rings. The van der Waals surface area contributed by atoms with Crippen LogP contribution in [0.25, 0.3) is 0 Å². The Balaban J connectivity index is 0.00000225. The zero-order valence-electron chi connectivity index (χ0n) is 17.0. The van der Waals surface area contributed by atoms with E-state index in [0.717, 1.165) is 51.1 Å². The molecule has 2 heterocycles. The number of halogens is 1. The fraction of sp³-hybridized carbons (Fsp3) is 0.750. The molecule has 28 heavy (non-hydrogen) atoms. The van der Waals surface area contributed by atoms with Gasteiger partial charge in [0.1, 0.15) is 0 Å². The lowest BCUT2D eigenvalue weighted by molar-refractivity contribution is -0.126. The Kier molecular flexibility index (Phi) is 7.36. The van der Waals surface area contributed by atoms with Gasteiger partial charge in [0.2, 0.25) is 5.95 Å². The molecule has 8 heteroatoms. The Hall–Kier alpha value is -1.16. The smallest absolute Gasteiger partial charge is 0.225 e. The minimum Gasteiger partial charge on any atom is -0.378 e. The first-order chi connectivity index (χ1) is 13.3. The summed E-state index contributed by atoms with van der Waals surface area (Å²) in [4.78, 5) is 18.0. The molecular formula is C20H33IN6O. The summed E-state index contributed by atoms with van der Waals surface area (Å²) >= 11 is 0. The summed E-state index contributed by atoms with van der Waals surface area (Å²) in [6.07, 6.45) is 10.4. The lowest BCUT2D eigenvalue weighted by atomic mass is 9.60. The van der Waals surface area contributed by atoms with Crippen LogP contribution in [0.15, 0.2) is 23.5 Å². The normalized spacial score (nSPS) is 26.7. The molecule has 2 unspecified atom stereocenters. The number of guanidine groups is 1. The van der Waals surface area contributed by atoms with E-state index in [2.05, 4.69) is 37.0 Å². The summed E-state index contributed by atoms with van der Waals surface area (Å²) in [5.41, 5.74) is 0.325. The predicted molar refractivity (Wildman–Crippen MR) is 122 cm³/mol.